The van der Waals surface area contributed by atoms with Gasteiger partial charge in [-0.1, -0.05) is 0 Å². The van der Waals surface area contributed by atoms with Crippen molar-refractivity contribution < 1.29 is 31.5 Å². The van der Waals surface area contributed by atoms with E-state index < -0.39 is 33.9 Å². The number of alkyl halides is 3. The molecule has 118 valence electrons. The quantitative estimate of drug-likeness (QED) is 0.834. The fourth-order valence-electron chi connectivity index (χ4n) is 2.01. The van der Waals surface area contributed by atoms with Gasteiger partial charge in [0.1, 0.15) is 0 Å². The lowest BCUT2D eigenvalue weighted by atomic mass is 10.3. The van der Waals surface area contributed by atoms with E-state index in [2.05, 4.69) is 4.98 Å². The largest absolute Gasteiger partial charge is 0.465 e. The Bertz CT molecular complexity index is 682. The highest BCUT2D eigenvalue weighted by Crippen LogP contribution is 2.34. The maximum Gasteiger partial charge on any atom is 0.449 e. The summed E-state index contributed by atoms with van der Waals surface area (Å²) in [6, 6.07) is 0. The number of aromatic nitrogens is 2. The van der Waals surface area contributed by atoms with Crippen LogP contribution in [-0.4, -0.2) is 46.9 Å². The van der Waals surface area contributed by atoms with Gasteiger partial charge in [0.2, 0.25) is 15.8 Å². The molecule has 8 nitrogen and oxygen atoms in total. The zero-order valence-corrected chi connectivity index (χ0v) is 11.5. The molecular weight excluding hydrogens is 317 g/mol. The van der Waals surface area contributed by atoms with Crippen LogP contribution in [0, 0.1) is 0 Å². The van der Waals surface area contributed by atoms with Gasteiger partial charge in [-0.2, -0.15) is 13.2 Å². The Morgan fingerprint density at radius 3 is 2.48 bits per heavy atom. The van der Waals surface area contributed by atoms with Crippen LogP contribution in [0.2, 0.25) is 0 Å². The van der Waals surface area contributed by atoms with Crippen molar-refractivity contribution in [2.75, 3.05) is 17.5 Å². The summed E-state index contributed by atoms with van der Waals surface area (Å²) in [7, 11) is -3.84. The molecule has 0 atom stereocenters. The zero-order chi connectivity index (χ0) is 16.0. The molecule has 0 spiro atoms. The highest BCUT2D eigenvalue weighted by Gasteiger charge is 2.41. The summed E-state index contributed by atoms with van der Waals surface area (Å²) in [5.74, 6) is -1.76. The van der Waals surface area contributed by atoms with Crippen molar-refractivity contribution in [1.82, 2.24) is 14.5 Å². The summed E-state index contributed by atoms with van der Waals surface area (Å²) in [6.45, 7) is -0.773. The van der Waals surface area contributed by atoms with Crippen LogP contribution in [0.5, 0.6) is 0 Å². The van der Waals surface area contributed by atoms with Gasteiger partial charge in [-0.05, 0) is 0 Å². The molecular formula is C9H11F3N4O4S. The maximum absolute atomic E-state index is 12.9. The summed E-state index contributed by atoms with van der Waals surface area (Å²) >= 11 is 0. The number of sulfonamides is 1. The fourth-order valence-corrected chi connectivity index (χ4v) is 2.52. The third kappa shape index (κ3) is 3.20. The Labute approximate surface area is 117 Å². The monoisotopic (exact) mass is 328 g/mol. The van der Waals surface area contributed by atoms with Crippen LogP contribution in [0.15, 0.2) is 0 Å². The molecule has 1 amide bonds. The molecule has 12 heteroatoms. The second-order valence-corrected chi connectivity index (χ2v) is 6.21. The number of imidazole rings is 1. The minimum atomic E-state index is -4.77. The first-order valence-electron chi connectivity index (χ1n) is 5.61. The Hall–Kier alpha value is -1.98. The maximum atomic E-state index is 12.9. The third-order valence-electron chi connectivity index (χ3n) is 2.81. The van der Waals surface area contributed by atoms with E-state index in [-0.39, 0.29) is 25.3 Å². The second kappa shape index (κ2) is 4.79. The molecule has 2 heterocycles. The van der Waals surface area contributed by atoms with E-state index in [0.29, 0.717) is 0 Å². The number of carbonyl (C=O) groups is 1. The van der Waals surface area contributed by atoms with Crippen LogP contribution in [0.25, 0.3) is 0 Å². The normalized spacial score (nSPS) is 15.7. The highest BCUT2D eigenvalue weighted by molar-refractivity contribution is 7.92. The van der Waals surface area contributed by atoms with Gasteiger partial charge in [0.25, 0.3) is 0 Å². The number of halogens is 3. The molecule has 0 saturated heterocycles. The molecule has 2 rings (SSSR count). The van der Waals surface area contributed by atoms with Gasteiger partial charge >= 0.3 is 12.3 Å². The van der Waals surface area contributed by atoms with Crippen LogP contribution in [0.1, 0.15) is 11.5 Å². The Balaban J connectivity index is 2.52. The van der Waals surface area contributed by atoms with Crippen LogP contribution in [-0.2, 0) is 29.3 Å². The van der Waals surface area contributed by atoms with E-state index in [1.165, 1.54) is 0 Å². The van der Waals surface area contributed by atoms with Crippen molar-refractivity contribution >= 4 is 21.9 Å². The van der Waals surface area contributed by atoms with Crippen molar-refractivity contribution in [3.8, 4) is 0 Å². The average Bonchev–Trinajstić information content (AvgIpc) is 2.65. The van der Waals surface area contributed by atoms with Gasteiger partial charge in [-0.3, -0.25) is 4.72 Å². The minimum absolute atomic E-state index is 0.138. The van der Waals surface area contributed by atoms with Gasteiger partial charge in [0.15, 0.2) is 5.82 Å². The van der Waals surface area contributed by atoms with Gasteiger partial charge in [0.05, 0.1) is 18.5 Å². The number of hydrogen-bond acceptors (Lipinski definition) is 4. The first-order chi connectivity index (χ1) is 9.49. The van der Waals surface area contributed by atoms with Gasteiger partial charge in [0, 0.05) is 13.1 Å². The van der Waals surface area contributed by atoms with Crippen LogP contribution < -0.4 is 4.72 Å². The summed E-state index contributed by atoms with van der Waals surface area (Å²) < 4.78 is 63.7. The van der Waals surface area contributed by atoms with Gasteiger partial charge in [-0.15, -0.1) is 0 Å². The van der Waals surface area contributed by atoms with Crippen molar-refractivity contribution in [2.45, 2.75) is 19.3 Å². The average molecular weight is 328 g/mol. The van der Waals surface area contributed by atoms with E-state index in [4.69, 9.17) is 5.11 Å². The number of rotatable bonds is 2. The molecule has 0 saturated carbocycles. The van der Waals surface area contributed by atoms with E-state index in [1.807, 2.05) is 4.72 Å². The lowest BCUT2D eigenvalue weighted by molar-refractivity contribution is -0.147. The highest BCUT2D eigenvalue weighted by atomic mass is 32.2. The number of hydrogen-bond donors (Lipinski definition) is 2. The molecule has 1 aromatic rings. The van der Waals surface area contributed by atoms with Gasteiger partial charge in [-0.25, -0.2) is 18.2 Å². The number of nitrogens with one attached hydrogen (secondary N) is 1. The number of nitrogens with zero attached hydrogens (tertiary/aromatic N) is 3. The van der Waals surface area contributed by atoms with Crippen LogP contribution >= 0.6 is 0 Å². The molecule has 1 aliphatic heterocycles. The summed E-state index contributed by atoms with van der Waals surface area (Å²) in [5.41, 5.74) is -0.138. The molecule has 0 aliphatic carbocycles. The topological polar surface area (TPSA) is 105 Å². The molecule has 0 aromatic carbocycles. The first kappa shape index (κ1) is 15.4. The smallest absolute Gasteiger partial charge is 0.449 e. The molecule has 0 fully saturated rings. The van der Waals surface area contributed by atoms with Crippen molar-refractivity contribution in [1.29, 1.82) is 0 Å². The Morgan fingerprint density at radius 2 is 2.00 bits per heavy atom. The summed E-state index contributed by atoms with van der Waals surface area (Å²) in [5, 5.41) is 8.89. The van der Waals surface area contributed by atoms with E-state index >= 15 is 0 Å². The number of carboxylic acid groups (broad SMARTS) is 1. The molecule has 0 radical (unpaired) electrons. The second-order valence-electron chi connectivity index (χ2n) is 4.46. The lowest BCUT2D eigenvalue weighted by Crippen LogP contribution is -2.38. The van der Waals surface area contributed by atoms with Crippen molar-refractivity contribution in [3.63, 3.8) is 0 Å². The lowest BCUT2D eigenvalue weighted by Gasteiger charge is -2.27. The number of fused-ring (bicyclic) bond motifs is 1. The van der Waals surface area contributed by atoms with Crippen LogP contribution in [0.3, 0.4) is 0 Å². The standard InChI is InChI=1S/C9H11F3N4O4S/c1-21(19,20)14-6-5-4-15(8(17)18)2-3-16(5)7(13-6)9(10,11)12/h14H,2-4H2,1H3,(H,17,18). The predicted octanol–water partition coefficient (Wildman–Crippen LogP) is 0.767. The zero-order valence-electron chi connectivity index (χ0n) is 10.7. The first-order valence-corrected chi connectivity index (χ1v) is 7.50. The Morgan fingerprint density at radius 1 is 1.38 bits per heavy atom. The van der Waals surface area contributed by atoms with E-state index in [0.717, 1.165) is 15.7 Å². The molecule has 1 aromatic heterocycles. The summed E-state index contributed by atoms with van der Waals surface area (Å²) in [6.07, 6.45) is -5.30. The van der Waals surface area contributed by atoms with E-state index in [9.17, 15) is 26.4 Å². The fraction of sp³-hybridized carbons (Fsp3) is 0.556. The van der Waals surface area contributed by atoms with Gasteiger partial charge < -0.3 is 14.6 Å². The van der Waals surface area contributed by atoms with Crippen molar-refractivity contribution in [2.24, 2.45) is 0 Å². The van der Waals surface area contributed by atoms with Crippen molar-refractivity contribution in [3.05, 3.63) is 11.5 Å². The minimum Gasteiger partial charge on any atom is -0.465 e. The van der Waals surface area contributed by atoms with E-state index in [1.54, 1.807) is 0 Å². The molecule has 1 aliphatic rings. The third-order valence-corrected chi connectivity index (χ3v) is 3.38. The number of amides is 1. The molecule has 21 heavy (non-hydrogen) atoms. The van der Waals surface area contributed by atoms with Crippen LogP contribution in [0.4, 0.5) is 23.8 Å². The SMILES string of the molecule is CS(=O)(=O)Nc1nc(C(F)(F)F)n2c1CN(C(=O)O)CC2. The molecule has 0 unspecified atom stereocenters. The molecule has 2 N–H and O–H groups in total. The Kier molecular flexibility index (Phi) is 3.51. The summed E-state index contributed by atoms with van der Waals surface area (Å²) in [4.78, 5) is 15.0. The molecule has 0 bridgehead atoms. The predicted molar refractivity (Wildman–Crippen MR) is 64.1 cm³/mol. The number of anilines is 1.